The lowest BCUT2D eigenvalue weighted by atomic mass is 10.2. The number of piperazine rings is 1. The SMILES string of the molecule is O=C(C1CCCN1S(=O)(=O)c1ccc(Cl)s1)N1CCN(c2nc3ccc(Br)cc3s2)CC1. The molecule has 0 bridgehead atoms. The third-order valence-corrected chi connectivity index (χ3v) is 11.0. The number of rotatable bonds is 4. The van der Waals surface area contributed by atoms with E-state index in [1.165, 1.54) is 10.4 Å². The van der Waals surface area contributed by atoms with Gasteiger partial charge >= 0.3 is 0 Å². The summed E-state index contributed by atoms with van der Waals surface area (Å²) in [5.74, 6) is -0.110. The first-order valence-corrected chi connectivity index (χ1v) is 14.4. The number of carbonyl (C=O) groups is 1. The zero-order valence-corrected chi connectivity index (χ0v) is 21.7. The van der Waals surface area contributed by atoms with Crippen molar-refractivity contribution in [3.63, 3.8) is 0 Å². The van der Waals surface area contributed by atoms with Gasteiger partial charge in [-0.3, -0.25) is 4.79 Å². The fourth-order valence-electron chi connectivity index (χ4n) is 4.18. The summed E-state index contributed by atoms with van der Waals surface area (Å²) in [5, 5.41) is 0.949. The molecule has 0 saturated carbocycles. The Balaban J connectivity index is 1.27. The summed E-state index contributed by atoms with van der Waals surface area (Å²) >= 11 is 12.1. The molecule has 0 aliphatic carbocycles. The Bertz CT molecular complexity index is 1270. The molecule has 12 heteroatoms. The minimum atomic E-state index is -3.73. The third kappa shape index (κ3) is 4.19. The maximum atomic E-state index is 13.3. The average Bonchev–Trinajstić information content (AvgIpc) is 3.52. The Morgan fingerprint density at radius 2 is 1.88 bits per heavy atom. The lowest BCUT2D eigenvalue weighted by Crippen LogP contribution is -2.54. The van der Waals surface area contributed by atoms with E-state index >= 15 is 0 Å². The normalized spacial score (nSPS) is 20.4. The Labute approximate surface area is 207 Å². The van der Waals surface area contributed by atoms with Crippen molar-refractivity contribution < 1.29 is 13.2 Å². The molecule has 1 unspecified atom stereocenters. The fraction of sp³-hybridized carbons (Fsp3) is 0.400. The summed E-state index contributed by atoms with van der Waals surface area (Å²) in [7, 11) is -3.73. The molecule has 170 valence electrons. The minimum absolute atomic E-state index is 0.110. The van der Waals surface area contributed by atoms with Crippen LogP contribution in [0.15, 0.2) is 39.0 Å². The van der Waals surface area contributed by atoms with E-state index < -0.39 is 16.1 Å². The fourth-order valence-corrected chi connectivity index (χ4v) is 9.01. The molecule has 3 aromatic rings. The molecule has 5 rings (SSSR count). The van der Waals surface area contributed by atoms with Crippen molar-refractivity contribution in [2.75, 3.05) is 37.6 Å². The summed E-state index contributed by atoms with van der Waals surface area (Å²) in [6, 6.07) is 8.48. The molecule has 2 aliphatic heterocycles. The van der Waals surface area contributed by atoms with Gasteiger partial charge in [0, 0.05) is 37.2 Å². The lowest BCUT2D eigenvalue weighted by molar-refractivity contribution is -0.134. The molecule has 32 heavy (non-hydrogen) atoms. The van der Waals surface area contributed by atoms with Crippen molar-refractivity contribution in [3.05, 3.63) is 39.1 Å². The number of thiazole rings is 1. The third-order valence-electron chi connectivity index (χ3n) is 5.80. The van der Waals surface area contributed by atoms with Crippen LogP contribution < -0.4 is 4.90 Å². The van der Waals surface area contributed by atoms with Crippen molar-refractivity contribution in [1.82, 2.24) is 14.2 Å². The average molecular weight is 576 g/mol. The molecule has 1 aromatic carbocycles. The molecular formula is C20H20BrClN4O3S3. The van der Waals surface area contributed by atoms with Gasteiger partial charge in [-0.25, -0.2) is 13.4 Å². The molecule has 1 amide bonds. The molecule has 2 aromatic heterocycles. The molecule has 1 atom stereocenters. The van der Waals surface area contributed by atoms with Crippen LogP contribution in [0.4, 0.5) is 5.13 Å². The van der Waals surface area contributed by atoms with Crippen LogP contribution in [-0.4, -0.2) is 67.3 Å². The lowest BCUT2D eigenvalue weighted by Gasteiger charge is -2.37. The van der Waals surface area contributed by atoms with Crippen LogP contribution in [0.2, 0.25) is 4.34 Å². The van der Waals surface area contributed by atoms with Gasteiger partial charge in [-0.2, -0.15) is 4.31 Å². The second kappa shape index (κ2) is 8.84. The van der Waals surface area contributed by atoms with Gasteiger partial charge in [0.25, 0.3) is 10.0 Å². The van der Waals surface area contributed by atoms with Crippen LogP contribution in [0.3, 0.4) is 0 Å². The van der Waals surface area contributed by atoms with Gasteiger partial charge in [-0.05, 0) is 43.2 Å². The quantitative estimate of drug-likeness (QED) is 0.464. The van der Waals surface area contributed by atoms with E-state index in [1.807, 2.05) is 12.1 Å². The largest absolute Gasteiger partial charge is 0.345 e. The highest BCUT2D eigenvalue weighted by atomic mass is 79.9. The van der Waals surface area contributed by atoms with Gasteiger partial charge in [0.1, 0.15) is 10.3 Å². The molecule has 0 spiro atoms. The standard InChI is InChI=1S/C20H20BrClN4O3S3/c21-13-3-4-14-16(12-13)30-20(23-14)25-10-8-24(9-11-25)19(27)15-2-1-7-26(15)32(28,29)18-6-5-17(22)31-18/h3-6,12,15H,1-2,7-11H2. The van der Waals surface area contributed by atoms with Crippen LogP contribution >= 0.6 is 50.2 Å². The van der Waals surface area contributed by atoms with E-state index in [-0.39, 0.29) is 10.1 Å². The number of carbonyl (C=O) groups excluding carboxylic acids is 1. The van der Waals surface area contributed by atoms with Crippen LogP contribution in [0.25, 0.3) is 10.2 Å². The Kier molecular flexibility index (Phi) is 6.23. The van der Waals surface area contributed by atoms with Gasteiger partial charge in [0.15, 0.2) is 5.13 Å². The maximum absolute atomic E-state index is 13.3. The van der Waals surface area contributed by atoms with E-state index in [0.29, 0.717) is 49.9 Å². The van der Waals surface area contributed by atoms with Crippen LogP contribution in [0, 0.1) is 0 Å². The van der Waals surface area contributed by atoms with Gasteiger partial charge in [-0.15, -0.1) is 11.3 Å². The predicted molar refractivity (Wildman–Crippen MR) is 132 cm³/mol. The second-order valence-corrected chi connectivity index (χ2v) is 13.5. The Morgan fingerprint density at radius 3 is 2.59 bits per heavy atom. The van der Waals surface area contributed by atoms with E-state index in [4.69, 9.17) is 16.6 Å². The summed E-state index contributed by atoms with van der Waals surface area (Å²) < 4.78 is 30.3. The first-order valence-electron chi connectivity index (χ1n) is 10.2. The molecule has 2 aliphatic rings. The van der Waals surface area contributed by atoms with Crippen LogP contribution in [0.1, 0.15) is 12.8 Å². The highest BCUT2D eigenvalue weighted by Crippen LogP contribution is 2.34. The highest BCUT2D eigenvalue weighted by Gasteiger charge is 2.42. The van der Waals surface area contributed by atoms with Gasteiger partial charge in [0.2, 0.25) is 5.91 Å². The number of sulfonamides is 1. The summed E-state index contributed by atoms with van der Waals surface area (Å²) in [5.41, 5.74) is 0.965. The van der Waals surface area contributed by atoms with E-state index in [2.05, 4.69) is 26.9 Å². The molecule has 2 fully saturated rings. The minimum Gasteiger partial charge on any atom is -0.345 e. The molecule has 7 nitrogen and oxygen atoms in total. The summed E-state index contributed by atoms with van der Waals surface area (Å²) in [6.45, 7) is 2.80. The molecule has 0 radical (unpaired) electrons. The van der Waals surface area contributed by atoms with Gasteiger partial charge in [-0.1, -0.05) is 38.9 Å². The van der Waals surface area contributed by atoms with E-state index in [1.54, 1.807) is 22.3 Å². The van der Waals surface area contributed by atoms with Crippen LogP contribution in [-0.2, 0) is 14.8 Å². The van der Waals surface area contributed by atoms with Crippen molar-refractivity contribution >= 4 is 81.5 Å². The zero-order chi connectivity index (χ0) is 22.5. The van der Waals surface area contributed by atoms with Crippen LogP contribution in [0.5, 0.6) is 0 Å². The number of benzene rings is 1. The molecule has 2 saturated heterocycles. The van der Waals surface area contributed by atoms with Gasteiger partial charge in [0.05, 0.1) is 14.6 Å². The number of hydrogen-bond donors (Lipinski definition) is 0. The maximum Gasteiger partial charge on any atom is 0.253 e. The number of halogens is 2. The number of thiophene rings is 1. The summed E-state index contributed by atoms with van der Waals surface area (Å²) in [6.07, 6.45) is 1.22. The van der Waals surface area contributed by atoms with Crippen molar-refractivity contribution in [1.29, 1.82) is 0 Å². The number of fused-ring (bicyclic) bond motifs is 1. The number of nitrogens with zero attached hydrogens (tertiary/aromatic N) is 4. The van der Waals surface area contributed by atoms with E-state index in [9.17, 15) is 13.2 Å². The number of hydrogen-bond acceptors (Lipinski definition) is 7. The predicted octanol–water partition coefficient (Wildman–Crippen LogP) is 4.28. The van der Waals surface area contributed by atoms with E-state index in [0.717, 1.165) is 31.2 Å². The monoisotopic (exact) mass is 574 g/mol. The van der Waals surface area contributed by atoms with Gasteiger partial charge < -0.3 is 9.80 Å². The highest BCUT2D eigenvalue weighted by molar-refractivity contribution is 9.10. The zero-order valence-electron chi connectivity index (χ0n) is 16.9. The van der Waals surface area contributed by atoms with Crippen molar-refractivity contribution in [2.45, 2.75) is 23.1 Å². The Morgan fingerprint density at radius 1 is 1.09 bits per heavy atom. The first kappa shape index (κ1) is 22.5. The topological polar surface area (TPSA) is 73.8 Å². The van der Waals surface area contributed by atoms with Crippen molar-refractivity contribution in [3.8, 4) is 0 Å². The number of amides is 1. The summed E-state index contributed by atoms with van der Waals surface area (Å²) in [4.78, 5) is 22.0. The molecular weight excluding hydrogens is 556 g/mol. The number of anilines is 1. The number of aromatic nitrogens is 1. The molecule has 4 heterocycles. The molecule has 0 N–H and O–H groups in total. The Hall–Kier alpha value is -1.24. The smallest absolute Gasteiger partial charge is 0.253 e. The first-order chi connectivity index (χ1) is 15.3. The second-order valence-electron chi connectivity index (χ2n) is 7.75. The van der Waals surface area contributed by atoms with Crippen molar-refractivity contribution in [2.24, 2.45) is 0 Å².